The Morgan fingerprint density at radius 2 is 2.05 bits per heavy atom. The van der Waals surface area contributed by atoms with Crippen molar-refractivity contribution >= 4 is 39.0 Å². The predicted octanol–water partition coefficient (Wildman–Crippen LogP) is 4.58. The summed E-state index contributed by atoms with van der Waals surface area (Å²) in [5.41, 5.74) is 2.61. The van der Waals surface area contributed by atoms with Gasteiger partial charge >= 0.3 is 0 Å². The summed E-state index contributed by atoms with van der Waals surface area (Å²) in [5, 5.41) is 10.4. The monoisotopic (exact) mass is 354 g/mol. The molecule has 19 heavy (non-hydrogen) atoms. The van der Waals surface area contributed by atoms with Gasteiger partial charge in [-0.15, -0.1) is 11.3 Å². The Morgan fingerprint density at radius 3 is 2.79 bits per heavy atom. The molecule has 100 valence electrons. The Balaban J connectivity index is 1.74. The van der Waals surface area contributed by atoms with E-state index < -0.39 is 0 Å². The van der Waals surface area contributed by atoms with Gasteiger partial charge in [-0.1, -0.05) is 28.1 Å². The molecule has 1 atom stereocenters. The highest BCUT2D eigenvalue weighted by molar-refractivity contribution is 9.10. The number of aliphatic hydroxyl groups excluding tert-OH is 1. The van der Waals surface area contributed by atoms with E-state index in [0.29, 0.717) is 6.42 Å². The molecule has 0 aliphatic carbocycles. The molecule has 1 aromatic carbocycles. The fourth-order valence-electron chi connectivity index (χ4n) is 2.28. The van der Waals surface area contributed by atoms with Crippen LogP contribution in [-0.4, -0.2) is 10.9 Å². The second kappa shape index (κ2) is 6.00. The molecular formula is C15H15BrOS2. The van der Waals surface area contributed by atoms with Gasteiger partial charge in [-0.2, -0.15) is 11.8 Å². The van der Waals surface area contributed by atoms with Crippen LogP contribution in [0.5, 0.6) is 0 Å². The number of thioether (sulfide) groups is 1. The zero-order chi connectivity index (χ0) is 13.2. The minimum Gasteiger partial charge on any atom is -0.387 e. The third-order valence-corrected chi connectivity index (χ3v) is 6.19. The van der Waals surface area contributed by atoms with E-state index in [-0.39, 0.29) is 6.10 Å². The Kier molecular flexibility index (Phi) is 4.32. The number of rotatable bonds is 3. The quantitative estimate of drug-likeness (QED) is 0.870. The van der Waals surface area contributed by atoms with Gasteiger partial charge in [-0.05, 0) is 41.5 Å². The highest BCUT2D eigenvalue weighted by Crippen LogP contribution is 2.35. The Hall–Kier alpha value is -0.290. The summed E-state index contributed by atoms with van der Waals surface area (Å²) < 4.78 is 1.08. The Labute approximate surface area is 130 Å². The average Bonchev–Trinajstić information content (AvgIpc) is 2.85. The third-order valence-electron chi connectivity index (χ3n) is 3.32. The zero-order valence-electron chi connectivity index (χ0n) is 10.4. The van der Waals surface area contributed by atoms with E-state index in [4.69, 9.17) is 0 Å². The maximum atomic E-state index is 10.4. The molecule has 0 fully saturated rings. The molecule has 1 aliphatic heterocycles. The lowest BCUT2D eigenvalue weighted by molar-refractivity contribution is 0.182. The smallest absolute Gasteiger partial charge is 0.0922 e. The summed E-state index contributed by atoms with van der Waals surface area (Å²) in [7, 11) is 0. The molecule has 1 unspecified atom stereocenters. The van der Waals surface area contributed by atoms with Gasteiger partial charge in [0.15, 0.2) is 0 Å². The molecule has 2 aromatic rings. The number of aryl methyl sites for hydroxylation is 1. The van der Waals surface area contributed by atoms with Gasteiger partial charge in [0.2, 0.25) is 0 Å². The number of aliphatic hydroxyl groups is 1. The van der Waals surface area contributed by atoms with Gasteiger partial charge < -0.3 is 5.11 Å². The zero-order valence-corrected chi connectivity index (χ0v) is 13.7. The fourth-order valence-corrected chi connectivity index (χ4v) is 4.91. The van der Waals surface area contributed by atoms with Crippen molar-refractivity contribution < 1.29 is 5.11 Å². The number of fused-ring (bicyclic) bond motifs is 1. The standard InChI is InChI=1S/C15H15BrOS2/c16-12-3-1-10(2-4-12)7-13(17)15-8-11-9-18-6-5-14(11)19-15/h1-4,8,13,17H,5-7,9H2. The SMILES string of the molecule is OC(Cc1ccc(Br)cc1)c1cc2c(s1)CCSC2. The van der Waals surface area contributed by atoms with Crippen molar-refractivity contribution in [1.29, 1.82) is 0 Å². The summed E-state index contributed by atoms with van der Waals surface area (Å²) in [6.07, 6.45) is 1.48. The molecule has 1 aromatic heterocycles. The van der Waals surface area contributed by atoms with Gasteiger partial charge in [0.1, 0.15) is 0 Å². The fraction of sp³-hybridized carbons (Fsp3) is 0.333. The van der Waals surface area contributed by atoms with E-state index in [0.717, 1.165) is 21.5 Å². The topological polar surface area (TPSA) is 20.2 Å². The molecule has 1 nitrogen and oxygen atoms in total. The van der Waals surface area contributed by atoms with Crippen molar-refractivity contribution in [1.82, 2.24) is 0 Å². The molecular weight excluding hydrogens is 340 g/mol. The van der Waals surface area contributed by atoms with Crippen LogP contribution < -0.4 is 0 Å². The summed E-state index contributed by atoms with van der Waals surface area (Å²) >= 11 is 7.21. The number of hydrogen-bond donors (Lipinski definition) is 1. The molecule has 4 heteroatoms. The average molecular weight is 355 g/mol. The lowest BCUT2D eigenvalue weighted by Crippen LogP contribution is -1.99. The molecule has 0 radical (unpaired) electrons. The van der Waals surface area contributed by atoms with E-state index in [1.165, 1.54) is 21.8 Å². The summed E-state index contributed by atoms with van der Waals surface area (Å²) in [5.74, 6) is 2.33. The minimum absolute atomic E-state index is 0.373. The largest absolute Gasteiger partial charge is 0.387 e. The van der Waals surface area contributed by atoms with Crippen LogP contribution in [0.25, 0.3) is 0 Å². The summed E-state index contributed by atoms with van der Waals surface area (Å²) in [6.45, 7) is 0. The van der Waals surface area contributed by atoms with Gasteiger partial charge in [-0.3, -0.25) is 0 Å². The van der Waals surface area contributed by atoms with Gasteiger partial charge in [0.05, 0.1) is 6.10 Å². The van der Waals surface area contributed by atoms with Gasteiger partial charge in [-0.25, -0.2) is 0 Å². The normalized spacial score (nSPS) is 16.1. The van der Waals surface area contributed by atoms with Crippen LogP contribution in [0, 0.1) is 0 Å². The first-order chi connectivity index (χ1) is 9.22. The highest BCUT2D eigenvalue weighted by atomic mass is 79.9. The van der Waals surface area contributed by atoms with Crippen molar-refractivity contribution in [3.63, 3.8) is 0 Å². The van der Waals surface area contributed by atoms with Crippen LogP contribution in [-0.2, 0) is 18.6 Å². The van der Waals surface area contributed by atoms with Crippen molar-refractivity contribution in [3.05, 3.63) is 55.7 Å². The molecule has 1 N–H and O–H groups in total. The number of hydrogen-bond acceptors (Lipinski definition) is 3. The van der Waals surface area contributed by atoms with E-state index in [1.807, 2.05) is 23.9 Å². The molecule has 3 rings (SSSR count). The summed E-state index contributed by atoms with van der Waals surface area (Å²) in [4.78, 5) is 2.60. The van der Waals surface area contributed by atoms with Crippen molar-refractivity contribution in [2.45, 2.75) is 24.7 Å². The van der Waals surface area contributed by atoms with Crippen LogP contribution in [0.15, 0.2) is 34.8 Å². The second-order valence-electron chi connectivity index (χ2n) is 4.75. The number of thiophene rings is 1. The maximum absolute atomic E-state index is 10.4. The van der Waals surface area contributed by atoms with Crippen LogP contribution >= 0.6 is 39.0 Å². The van der Waals surface area contributed by atoms with E-state index in [1.54, 1.807) is 11.3 Å². The van der Waals surface area contributed by atoms with Gasteiger partial charge in [0, 0.05) is 26.4 Å². The Bertz CT molecular complexity index is 539. The molecule has 0 spiro atoms. The lowest BCUT2D eigenvalue weighted by Gasteiger charge is -2.08. The molecule has 0 saturated heterocycles. The minimum atomic E-state index is -0.373. The van der Waals surface area contributed by atoms with E-state index in [2.05, 4.69) is 34.1 Å². The molecule has 1 aliphatic rings. The second-order valence-corrected chi connectivity index (χ2v) is 7.94. The maximum Gasteiger partial charge on any atom is 0.0922 e. The molecule has 0 amide bonds. The first kappa shape index (κ1) is 13.7. The predicted molar refractivity (Wildman–Crippen MR) is 87.0 cm³/mol. The van der Waals surface area contributed by atoms with Crippen LogP contribution in [0.3, 0.4) is 0 Å². The first-order valence-corrected chi connectivity index (χ1v) is 9.10. The van der Waals surface area contributed by atoms with Crippen LogP contribution in [0.1, 0.15) is 27.0 Å². The van der Waals surface area contributed by atoms with Crippen molar-refractivity contribution in [2.75, 3.05) is 5.75 Å². The molecule has 0 saturated carbocycles. The summed E-state index contributed by atoms with van der Waals surface area (Å²) in [6, 6.07) is 10.4. The van der Waals surface area contributed by atoms with E-state index >= 15 is 0 Å². The van der Waals surface area contributed by atoms with Gasteiger partial charge in [0.25, 0.3) is 0 Å². The van der Waals surface area contributed by atoms with E-state index in [9.17, 15) is 5.11 Å². The Morgan fingerprint density at radius 1 is 1.26 bits per heavy atom. The van der Waals surface area contributed by atoms with Crippen LogP contribution in [0.4, 0.5) is 0 Å². The van der Waals surface area contributed by atoms with Crippen LogP contribution in [0.2, 0.25) is 0 Å². The third kappa shape index (κ3) is 3.24. The lowest BCUT2D eigenvalue weighted by atomic mass is 10.1. The number of halogens is 1. The molecule has 2 heterocycles. The highest BCUT2D eigenvalue weighted by Gasteiger charge is 2.18. The van der Waals surface area contributed by atoms with Crippen molar-refractivity contribution in [2.24, 2.45) is 0 Å². The molecule has 0 bridgehead atoms. The number of benzene rings is 1. The first-order valence-electron chi connectivity index (χ1n) is 6.34. The van der Waals surface area contributed by atoms with Crippen molar-refractivity contribution in [3.8, 4) is 0 Å².